The molecular weight excluding hydrogens is 230 g/mol. The molecule has 0 atom stereocenters. The van der Waals surface area contributed by atoms with Gasteiger partial charge in [0.2, 0.25) is 0 Å². The summed E-state index contributed by atoms with van der Waals surface area (Å²) in [5.74, 6) is 0. The average Bonchev–Trinajstić information content (AvgIpc) is 3.26. The number of hydrogen-bond donors (Lipinski definition) is 0. The molecule has 0 aliphatic heterocycles. The molecule has 0 bridgehead atoms. The maximum Gasteiger partial charge on any atom is 0.0240 e. The van der Waals surface area contributed by atoms with Crippen molar-refractivity contribution in [1.29, 1.82) is 0 Å². The van der Waals surface area contributed by atoms with Crippen LogP contribution in [0.25, 0.3) is 0 Å². The van der Waals surface area contributed by atoms with E-state index in [2.05, 4.69) is 66.4 Å². The predicted molar refractivity (Wildman–Crippen MR) is 79.9 cm³/mol. The minimum atomic E-state index is 0.793. The van der Waals surface area contributed by atoms with Crippen LogP contribution in [0.2, 0.25) is 0 Å². The zero-order valence-electron chi connectivity index (χ0n) is 11.5. The lowest BCUT2D eigenvalue weighted by Gasteiger charge is -2.22. The first-order valence-electron chi connectivity index (χ1n) is 7.15. The van der Waals surface area contributed by atoms with Crippen LogP contribution in [0.15, 0.2) is 54.6 Å². The van der Waals surface area contributed by atoms with Crippen molar-refractivity contribution in [2.24, 2.45) is 0 Å². The zero-order chi connectivity index (χ0) is 13.1. The van der Waals surface area contributed by atoms with Crippen molar-refractivity contribution in [2.45, 2.75) is 38.9 Å². The minimum Gasteiger partial charge on any atom is -0.292 e. The van der Waals surface area contributed by atoms with Crippen LogP contribution in [0.3, 0.4) is 0 Å². The van der Waals surface area contributed by atoms with E-state index >= 15 is 0 Å². The molecule has 0 saturated heterocycles. The summed E-state index contributed by atoms with van der Waals surface area (Å²) in [6, 6.07) is 20.5. The Kier molecular flexibility index (Phi) is 3.65. The van der Waals surface area contributed by atoms with Crippen molar-refractivity contribution in [3.05, 3.63) is 71.3 Å². The van der Waals surface area contributed by atoms with Gasteiger partial charge in [0.1, 0.15) is 0 Å². The fourth-order valence-electron chi connectivity index (χ4n) is 2.50. The largest absolute Gasteiger partial charge is 0.292 e. The Morgan fingerprint density at radius 3 is 2.00 bits per heavy atom. The van der Waals surface area contributed by atoms with Crippen LogP contribution >= 0.6 is 0 Å². The molecule has 0 radical (unpaired) electrons. The maximum atomic E-state index is 2.61. The molecule has 0 unspecified atom stereocenters. The fourth-order valence-corrected chi connectivity index (χ4v) is 2.50. The van der Waals surface area contributed by atoms with Gasteiger partial charge < -0.3 is 0 Å². The second-order valence-electron chi connectivity index (χ2n) is 5.61. The standard InChI is InChI=1S/C18H21N/c1-15-7-9-17(10-8-15)14-19(18-11-12-18)13-16-5-3-2-4-6-16/h2-10,18H,11-14H2,1H3. The van der Waals surface area contributed by atoms with E-state index in [1.54, 1.807) is 0 Å². The first-order chi connectivity index (χ1) is 9.31. The minimum absolute atomic E-state index is 0.793. The van der Waals surface area contributed by atoms with Crippen LogP contribution < -0.4 is 0 Å². The third kappa shape index (κ3) is 3.45. The summed E-state index contributed by atoms with van der Waals surface area (Å²) in [7, 11) is 0. The summed E-state index contributed by atoms with van der Waals surface area (Å²) in [4.78, 5) is 2.61. The predicted octanol–water partition coefficient (Wildman–Crippen LogP) is 4.16. The molecule has 1 nitrogen and oxygen atoms in total. The molecule has 2 aromatic carbocycles. The molecule has 19 heavy (non-hydrogen) atoms. The van der Waals surface area contributed by atoms with Gasteiger partial charge in [-0.25, -0.2) is 0 Å². The number of hydrogen-bond acceptors (Lipinski definition) is 1. The zero-order valence-corrected chi connectivity index (χ0v) is 11.5. The molecule has 0 spiro atoms. The van der Waals surface area contributed by atoms with Gasteiger partial charge in [0.25, 0.3) is 0 Å². The highest BCUT2D eigenvalue weighted by Gasteiger charge is 2.28. The monoisotopic (exact) mass is 251 g/mol. The van der Waals surface area contributed by atoms with E-state index in [9.17, 15) is 0 Å². The molecule has 1 fully saturated rings. The van der Waals surface area contributed by atoms with Crippen LogP contribution in [0, 0.1) is 6.92 Å². The van der Waals surface area contributed by atoms with E-state index in [1.807, 2.05) is 0 Å². The molecule has 1 aliphatic rings. The Hall–Kier alpha value is -1.60. The van der Waals surface area contributed by atoms with Crippen LogP contribution in [0.5, 0.6) is 0 Å². The van der Waals surface area contributed by atoms with E-state index in [4.69, 9.17) is 0 Å². The highest BCUT2D eigenvalue weighted by Crippen LogP contribution is 2.29. The van der Waals surface area contributed by atoms with E-state index in [0.717, 1.165) is 19.1 Å². The highest BCUT2D eigenvalue weighted by atomic mass is 15.2. The lowest BCUT2D eigenvalue weighted by molar-refractivity contribution is 0.246. The molecule has 1 heteroatoms. The summed E-state index contributed by atoms with van der Waals surface area (Å²) in [6.07, 6.45) is 2.72. The smallest absolute Gasteiger partial charge is 0.0240 e. The molecule has 1 saturated carbocycles. The number of nitrogens with zero attached hydrogens (tertiary/aromatic N) is 1. The molecule has 1 aliphatic carbocycles. The van der Waals surface area contributed by atoms with Gasteiger partial charge in [-0.3, -0.25) is 4.90 Å². The van der Waals surface area contributed by atoms with Crippen molar-refractivity contribution in [1.82, 2.24) is 4.90 Å². The van der Waals surface area contributed by atoms with Gasteiger partial charge >= 0.3 is 0 Å². The Balaban J connectivity index is 1.69. The molecule has 98 valence electrons. The third-order valence-corrected chi connectivity index (χ3v) is 3.80. The molecule has 0 amide bonds. The lowest BCUT2D eigenvalue weighted by atomic mass is 10.1. The SMILES string of the molecule is Cc1ccc(CN(Cc2ccccc2)C2CC2)cc1. The van der Waals surface area contributed by atoms with Crippen LogP contribution in [0.4, 0.5) is 0 Å². The molecule has 3 rings (SSSR count). The molecular formula is C18H21N. The fraction of sp³-hybridized carbons (Fsp3) is 0.333. The molecule has 0 N–H and O–H groups in total. The first kappa shape index (κ1) is 12.4. The van der Waals surface area contributed by atoms with Gasteiger partial charge in [0.05, 0.1) is 0 Å². The quantitative estimate of drug-likeness (QED) is 0.771. The topological polar surface area (TPSA) is 3.24 Å². The van der Waals surface area contributed by atoms with Gasteiger partial charge in [-0.15, -0.1) is 0 Å². The second-order valence-corrected chi connectivity index (χ2v) is 5.61. The third-order valence-electron chi connectivity index (χ3n) is 3.80. The highest BCUT2D eigenvalue weighted by molar-refractivity contribution is 5.22. The van der Waals surface area contributed by atoms with E-state index in [0.29, 0.717) is 0 Å². The van der Waals surface area contributed by atoms with Gasteiger partial charge in [0, 0.05) is 19.1 Å². The average molecular weight is 251 g/mol. The van der Waals surface area contributed by atoms with Crippen molar-refractivity contribution in [3.63, 3.8) is 0 Å². The summed E-state index contributed by atoms with van der Waals surface area (Å²) in [5.41, 5.74) is 4.18. The van der Waals surface area contributed by atoms with E-state index in [-0.39, 0.29) is 0 Å². The Bertz CT molecular complexity index is 511. The van der Waals surface area contributed by atoms with Crippen LogP contribution in [-0.4, -0.2) is 10.9 Å². The van der Waals surface area contributed by atoms with Gasteiger partial charge in [-0.1, -0.05) is 60.2 Å². The van der Waals surface area contributed by atoms with E-state index < -0.39 is 0 Å². The Morgan fingerprint density at radius 2 is 1.42 bits per heavy atom. The number of benzene rings is 2. The maximum absolute atomic E-state index is 2.61. The number of aryl methyl sites for hydroxylation is 1. The molecule has 0 heterocycles. The van der Waals surface area contributed by atoms with E-state index in [1.165, 1.54) is 29.5 Å². The van der Waals surface area contributed by atoms with Crippen molar-refractivity contribution >= 4 is 0 Å². The van der Waals surface area contributed by atoms with Gasteiger partial charge in [-0.2, -0.15) is 0 Å². The Morgan fingerprint density at radius 1 is 0.842 bits per heavy atom. The van der Waals surface area contributed by atoms with Crippen molar-refractivity contribution in [3.8, 4) is 0 Å². The van der Waals surface area contributed by atoms with Crippen LogP contribution in [0.1, 0.15) is 29.5 Å². The molecule has 2 aromatic rings. The van der Waals surface area contributed by atoms with Gasteiger partial charge in [-0.05, 0) is 30.9 Å². The summed E-state index contributed by atoms with van der Waals surface area (Å²) >= 11 is 0. The van der Waals surface area contributed by atoms with Crippen molar-refractivity contribution < 1.29 is 0 Å². The number of rotatable bonds is 5. The molecule has 0 aromatic heterocycles. The van der Waals surface area contributed by atoms with Gasteiger partial charge in [0.15, 0.2) is 0 Å². The van der Waals surface area contributed by atoms with Crippen LogP contribution in [-0.2, 0) is 13.1 Å². The summed E-state index contributed by atoms with van der Waals surface area (Å²) in [5, 5.41) is 0. The normalized spacial score (nSPS) is 14.8. The lowest BCUT2D eigenvalue weighted by Crippen LogP contribution is -2.25. The Labute approximate surface area is 115 Å². The summed E-state index contributed by atoms with van der Waals surface area (Å²) < 4.78 is 0. The van der Waals surface area contributed by atoms with Crippen molar-refractivity contribution in [2.75, 3.05) is 0 Å². The first-order valence-corrected chi connectivity index (χ1v) is 7.15. The second kappa shape index (κ2) is 5.58. The summed E-state index contributed by atoms with van der Waals surface area (Å²) in [6.45, 7) is 4.28.